The van der Waals surface area contributed by atoms with Crippen molar-refractivity contribution >= 4 is 11.6 Å². The predicted octanol–water partition coefficient (Wildman–Crippen LogP) is -0.106. The molecule has 1 aliphatic rings. The SMILES string of the molecule is COC1CN(c2cnc(N)cn2)C1. The number of methoxy groups -OCH3 is 1. The summed E-state index contributed by atoms with van der Waals surface area (Å²) >= 11 is 0. The summed E-state index contributed by atoms with van der Waals surface area (Å²) in [6.07, 6.45) is 3.58. The van der Waals surface area contributed by atoms with E-state index in [1.54, 1.807) is 19.5 Å². The lowest BCUT2D eigenvalue weighted by atomic mass is 10.2. The summed E-state index contributed by atoms with van der Waals surface area (Å²) in [6.45, 7) is 1.77. The van der Waals surface area contributed by atoms with Crippen LogP contribution >= 0.6 is 0 Å². The monoisotopic (exact) mass is 180 g/mol. The predicted molar refractivity (Wildman–Crippen MR) is 49.5 cm³/mol. The van der Waals surface area contributed by atoms with Crippen LogP contribution in [0.1, 0.15) is 0 Å². The number of nitrogens with two attached hydrogens (primary N) is 1. The van der Waals surface area contributed by atoms with Crippen molar-refractivity contribution in [2.45, 2.75) is 6.10 Å². The van der Waals surface area contributed by atoms with E-state index in [9.17, 15) is 0 Å². The topological polar surface area (TPSA) is 64.3 Å². The van der Waals surface area contributed by atoms with E-state index in [2.05, 4.69) is 14.9 Å². The van der Waals surface area contributed by atoms with Crippen LogP contribution in [-0.4, -0.2) is 36.3 Å². The summed E-state index contributed by atoms with van der Waals surface area (Å²) in [7, 11) is 1.72. The Balaban J connectivity index is 1.99. The zero-order valence-electron chi connectivity index (χ0n) is 7.47. The minimum Gasteiger partial charge on any atom is -0.382 e. The maximum Gasteiger partial charge on any atom is 0.147 e. The standard InChI is InChI=1S/C8H12N4O/c1-13-6-4-12(5-6)8-3-10-7(9)2-11-8/h2-3,6H,4-5H2,1H3,(H2,9,10). The molecule has 2 N–H and O–H groups in total. The van der Waals surface area contributed by atoms with Gasteiger partial charge in [0.25, 0.3) is 0 Å². The molecule has 0 bridgehead atoms. The molecule has 0 aromatic carbocycles. The lowest BCUT2D eigenvalue weighted by Gasteiger charge is -2.38. The van der Waals surface area contributed by atoms with Crippen LogP contribution in [0.2, 0.25) is 0 Å². The van der Waals surface area contributed by atoms with Gasteiger partial charge in [-0.05, 0) is 0 Å². The quantitative estimate of drug-likeness (QED) is 0.688. The van der Waals surface area contributed by atoms with Crippen molar-refractivity contribution in [3.63, 3.8) is 0 Å². The third-order valence-corrected chi connectivity index (χ3v) is 2.16. The maximum atomic E-state index is 5.42. The number of rotatable bonds is 2. The van der Waals surface area contributed by atoms with Gasteiger partial charge in [-0.25, -0.2) is 9.97 Å². The first-order valence-corrected chi connectivity index (χ1v) is 4.15. The minimum absolute atomic E-state index is 0.333. The highest BCUT2D eigenvalue weighted by atomic mass is 16.5. The Morgan fingerprint density at radius 1 is 1.46 bits per heavy atom. The van der Waals surface area contributed by atoms with Gasteiger partial charge in [-0.1, -0.05) is 0 Å². The lowest BCUT2D eigenvalue weighted by Crippen LogP contribution is -2.52. The molecule has 13 heavy (non-hydrogen) atoms. The van der Waals surface area contributed by atoms with Gasteiger partial charge in [-0.15, -0.1) is 0 Å². The molecule has 2 rings (SSSR count). The molecule has 0 radical (unpaired) electrons. The summed E-state index contributed by atoms with van der Waals surface area (Å²) in [6, 6.07) is 0. The molecule has 5 heteroatoms. The van der Waals surface area contributed by atoms with Gasteiger partial charge in [0.2, 0.25) is 0 Å². The number of hydrogen-bond donors (Lipinski definition) is 1. The molecule has 5 nitrogen and oxygen atoms in total. The molecule has 1 aliphatic heterocycles. The molecule has 0 unspecified atom stereocenters. The van der Waals surface area contributed by atoms with E-state index in [1.165, 1.54) is 0 Å². The van der Waals surface area contributed by atoms with Gasteiger partial charge in [0.15, 0.2) is 0 Å². The van der Waals surface area contributed by atoms with E-state index in [1.807, 2.05) is 0 Å². The fraction of sp³-hybridized carbons (Fsp3) is 0.500. The molecule has 1 aromatic heterocycles. The normalized spacial score (nSPS) is 17.2. The van der Waals surface area contributed by atoms with Gasteiger partial charge < -0.3 is 15.4 Å². The first kappa shape index (κ1) is 8.25. The van der Waals surface area contributed by atoms with Crippen molar-refractivity contribution in [3.8, 4) is 0 Å². The van der Waals surface area contributed by atoms with E-state index < -0.39 is 0 Å². The average molecular weight is 180 g/mol. The number of anilines is 2. The highest BCUT2D eigenvalue weighted by molar-refractivity contribution is 5.42. The van der Waals surface area contributed by atoms with Gasteiger partial charge in [-0.2, -0.15) is 0 Å². The third kappa shape index (κ3) is 1.55. The first-order valence-electron chi connectivity index (χ1n) is 4.15. The van der Waals surface area contributed by atoms with Crippen molar-refractivity contribution in [1.29, 1.82) is 0 Å². The Hall–Kier alpha value is -1.36. The van der Waals surface area contributed by atoms with Crippen molar-refractivity contribution < 1.29 is 4.74 Å². The molecule has 0 atom stereocenters. The molecule has 2 heterocycles. The first-order chi connectivity index (χ1) is 6.29. The molecule has 0 aliphatic carbocycles. The molecule has 0 amide bonds. The molecule has 1 aromatic rings. The van der Waals surface area contributed by atoms with Gasteiger partial charge >= 0.3 is 0 Å². The summed E-state index contributed by atoms with van der Waals surface area (Å²) in [5, 5.41) is 0. The van der Waals surface area contributed by atoms with Crippen LogP contribution in [0.5, 0.6) is 0 Å². The molecule has 1 saturated heterocycles. The van der Waals surface area contributed by atoms with Crippen LogP contribution in [0.3, 0.4) is 0 Å². The maximum absolute atomic E-state index is 5.42. The van der Waals surface area contributed by atoms with Crippen LogP contribution in [0.15, 0.2) is 12.4 Å². The number of ether oxygens (including phenoxy) is 1. The lowest BCUT2D eigenvalue weighted by molar-refractivity contribution is 0.0783. The Morgan fingerprint density at radius 2 is 2.23 bits per heavy atom. The summed E-state index contributed by atoms with van der Waals surface area (Å²) in [5.74, 6) is 1.31. The van der Waals surface area contributed by atoms with Crippen molar-refractivity contribution in [3.05, 3.63) is 12.4 Å². The van der Waals surface area contributed by atoms with Crippen molar-refractivity contribution in [2.24, 2.45) is 0 Å². The Morgan fingerprint density at radius 3 is 2.77 bits per heavy atom. The molecule has 0 saturated carbocycles. The summed E-state index contributed by atoms with van der Waals surface area (Å²) in [4.78, 5) is 10.2. The van der Waals surface area contributed by atoms with E-state index in [0.29, 0.717) is 11.9 Å². The Kier molecular flexibility index (Phi) is 2.02. The van der Waals surface area contributed by atoms with Gasteiger partial charge in [0.05, 0.1) is 18.5 Å². The highest BCUT2D eigenvalue weighted by Gasteiger charge is 2.27. The number of nitrogen functional groups attached to an aromatic ring is 1. The van der Waals surface area contributed by atoms with Crippen molar-refractivity contribution in [2.75, 3.05) is 30.8 Å². The molecule has 70 valence electrons. The minimum atomic E-state index is 0.333. The van der Waals surface area contributed by atoms with Crippen molar-refractivity contribution in [1.82, 2.24) is 9.97 Å². The smallest absolute Gasteiger partial charge is 0.147 e. The van der Waals surface area contributed by atoms with Gasteiger partial charge in [0.1, 0.15) is 11.6 Å². The second-order valence-electron chi connectivity index (χ2n) is 3.06. The Bertz CT molecular complexity index is 281. The second kappa shape index (κ2) is 3.18. The van der Waals surface area contributed by atoms with Crippen LogP contribution in [-0.2, 0) is 4.74 Å². The zero-order valence-corrected chi connectivity index (χ0v) is 7.47. The Labute approximate surface area is 76.5 Å². The van der Waals surface area contributed by atoms with Gasteiger partial charge in [0, 0.05) is 20.2 Å². The molecular weight excluding hydrogens is 168 g/mol. The van der Waals surface area contributed by atoms with Crippen LogP contribution in [0, 0.1) is 0 Å². The van der Waals surface area contributed by atoms with E-state index in [4.69, 9.17) is 10.5 Å². The average Bonchev–Trinajstić information content (AvgIpc) is 2.06. The van der Waals surface area contributed by atoms with Crippen LogP contribution in [0.4, 0.5) is 11.6 Å². The molecule has 0 spiro atoms. The van der Waals surface area contributed by atoms with Crippen LogP contribution in [0.25, 0.3) is 0 Å². The van der Waals surface area contributed by atoms with Gasteiger partial charge in [-0.3, -0.25) is 0 Å². The highest BCUT2D eigenvalue weighted by Crippen LogP contribution is 2.18. The fourth-order valence-corrected chi connectivity index (χ4v) is 1.27. The number of nitrogens with zero attached hydrogens (tertiary/aromatic N) is 3. The summed E-state index contributed by atoms with van der Waals surface area (Å²) in [5.41, 5.74) is 5.42. The molecular formula is C8H12N4O. The largest absolute Gasteiger partial charge is 0.382 e. The fourth-order valence-electron chi connectivity index (χ4n) is 1.27. The van der Waals surface area contributed by atoms with E-state index in [-0.39, 0.29) is 0 Å². The van der Waals surface area contributed by atoms with E-state index >= 15 is 0 Å². The third-order valence-electron chi connectivity index (χ3n) is 2.16. The number of hydrogen-bond acceptors (Lipinski definition) is 5. The molecule has 1 fully saturated rings. The number of aromatic nitrogens is 2. The second-order valence-corrected chi connectivity index (χ2v) is 3.06. The summed E-state index contributed by atoms with van der Waals surface area (Å²) < 4.78 is 5.15. The van der Waals surface area contributed by atoms with E-state index in [0.717, 1.165) is 18.9 Å². The zero-order chi connectivity index (χ0) is 9.26. The van der Waals surface area contributed by atoms with Crippen LogP contribution < -0.4 is 10.6 Å².